The molecule has 1 atom stereocenters. The maximum absolute atomic E-state index is 10.9. The van der Waals surface area contributed by atoms with Gasteiger partial charge in [-0.15, -0.1) is 0 Å². The lowest BCUT2D eigenvalue weighted by Crippen LogP contribution is -2.24. The first-order valence-corrected chi connectivity index (χ1v) is 6.05. The third kappa shape index (κ3) is 2.37. The minimum atomic E-state index is -0.741. The number of aromatic nitrogens is 2. The molecule has 0 aromatic carbocycles. The molecule has 1 aliphatic rings. The van der Waals surface area contributed by atoms with Gasteiger partial charge in [-0.2, -0.15) is 0 Å². The summed E-state index contributed by atoms with van der Waals surface area (Å²) in [6.07, 6.45) is 2.12. The van der Waals surface area contributed by atoms with E-state index in [1.165, 1.54) is 6.33 Å². The Morgan fingerprint density at radius 3 is 3.00 bits per heavy atom. The molecular weight excluding hydrogens is 234 g/mol. The lowest BCUT2D eigenvalue weighted by atomic mass is 10.1. The van der Waals surface area contributed by atoms with Gasteiger partial charge >= 0.3 is 5.97 Å². The van der Waals surface area contributed by atoms with Gasteiger partial charge in [0.15, 0.2) is 0 Å². The molecule has 0 saturated carbocycles. The number of carboxylic acid groups (broad SMARTS) is 1. The van der Waals surface area contributed by atoms with Crippen molar-refractivity contribution in [2.24, 2.45) is 5.92 Å². The van der Waals surface area contributed by atoms with Gasteiger partial charge in [0.05, 0.1) is 18.1 Å². The smallest absolute Gasteiger partial charge is 0.308 e. The molecule has 98 valence electrons. The molecule has 2 rings (SSSR count). The Kier molecular flexibility index (Phi) is 3.64. The zero-order valence-corrected chi connectivity index (χ0v) is 10.6. The Bertz CT molecular complexity index is 450. The second-order valence-electron chi connectivity index (χ2n) is 4.33. The average Bonchev–Trinajstić information content (AvgIpc) is 2.81. The van der Waals surface area contributed by atoms with Crippen LogP contribution in [0, 0.1) is 12.8 Å². The van der Waals surface area contributed by atoms with Gasteiger partial charge in [0.25, 0.3) is 0 Å². The van der Waals surface area contributed by atoms with Crippen LogP contribution in [-0.2, 0) is 4.79 Å². The number of hydrogen-bond donors (Lipinski definition) is 1. The van der Waals surface area contributed by atoms with Gasteiger partial charge in [0, 0.05) is 13.1 Å². The van der Waals surface area contributed by atoms with Crippen molar-refractivity contribution in [2.45, 2.75) is 20.3 Å². The van der Waals surface area contributed by atoms with E-state index in [0.29, 0.717) is 32.0 Å². The van der Waals surface area contributed by atoms with E-state index in [9.17, 15) is 4.79 Å². The lowest BCUT2D eigenvalue weighted by Gasteiger charge is -2.19. The van der Waals surface area contributed by atoms with Gasteiger partial charge in [0.1, 0.15) is 12.1 Å². The topological polar surface area (TPSA) is 75.6 Å². The maximum Gasteiger partial charge on any atom is 0.308 e. The molecule has 1 unspecified atom stereocenters. The number of carboxylic acids is 1. The van der Waals surface area contributed by atoms with E-state index in [-0.39, 0.29) is 5.92 Å². The SMILES string of the molecule is CCOc1ncnc(N2CCC(C(=O)O)C2)c1C. The van der Waals surface area contributed by atoms with Crippen molar-refractivity contribution in [1.29, 1.82) is 0 Å². The molecule has 1 fully saturated rings. The average molecular weight is 251 g/mol. The van der Waals surface area contributed by atoms with Crippen LogP contribution >= 0.6 is 0 Å². The Hall–Kier alpha value is -1.85. The fraction of sp³-hybridized carbons (Fsp3) is 0.583. The number of anilines is 1. The monoisotopic (exact) mass is 251 g/mol. The summed E-state index contributed by atoms with van der Waals surface area (Å²) in [7, 11) is 0. The number of nitrogens with zero attached hydrogens (tertiary/aromatic N) is 3. The molecule has 1 aromatic rings. The van der Waals surface area contributed by atoms with E-state index >= 15 is 0 Å². The molecule has 0 aliphatic carbocycles. The summed E-state index contributed by atoms with van der Waals surface area (Å²) in [5.74, 6) is 0.294. The van der Waals surface area contributed by atoms with E-state index in [1.54, 1.807) is 0 Å². The third-order valence-corrected chi connectivity index (χ3v) is 3.13. The summed E-state index contributed by atoms with van der Waals surface area (Å²) in [6, 6.07) is 0. The molecule has 1 aliphatic heterocycles. The molecular formula is C12H17N3O3. The Morgan fingerprint density at radius 1 is 1.61 bits per heavy atom. The molecule has 18 heavy (non-hydrogen) atoms. The number of ether oxygens (including phenoxy) is 1. The standard InChI is InChI=1S/C12H17N3O3/c1-3-18-11-8(2)10(13-7-14-11)15-5-4-9(6-15)12(16)17/h7,9H,3-6H2,1-2H3,(H,16,17). The molecule has 1 N–H and O–H groups in total. The van der Waals surface area contributed by atoms with Gasteiger partial charge in [-0.1, -0.05) is 0 Å². The molecule has 2 heterocycles. The third-order valence-electron chi connectivity index (χ3n) is 3.13. The van der Waals surface area contributed by atoms with E-state index in [0.717, 1.165) is 11.4 Å². The summed E-state index contributed by atoms with van der Waals surface area (Å²) in [5, 5.41) is 9.00. The van der Waals surface area contributed by atoms with Crippen LogP contribution in [0.1, 0.15) is 18.9 Å². The quantitative estimate of drug-likeness (QED) is 0.863. The number of rotatable bonds is 4. The van der Waals surface area contributed by atoms with Crippen LogP contribution in [0.3, 0.4) is 0 Å². The molecule has 0 amide bonds. The molecule has 6 nitrogen and oxygen atoms in total. The van der Waals surface area contributed by atoms with E-state index in [1.807, 2.05) is 18.7 Å². The van der Waals surface area contributed by atoms with E-state index in [4.69, 9.17) is 9.84 Å². The molecule has 1 saturated heterocycles. The van der Waals surface area contributed by atoms with Gasteiger partial charge in [-0.3, -0.25) is 4.79 Å². The maximum atomic E-state index is 10.9. The van der Waals surface area contributed by atoms with Crippen LogP contribution < -0.4 is 9.64 Å². The fourth-order valence-corrected chi connectivity index (χ4v) is 2.18. The molecule has 6 heteroatoms. The van der Waals surface area contributed by atoms with Crippen molar-refractivity contribution in [3.05, 3.63) is 11.9 Å². The fourth-order valence-electron chi connectivity index (χ4n) is 2.18. The Morgan fingerprint density at radius 2 is 2.39 bits per heavy atom. The second-order valence-corrected chi connectivity index (χ2v) is 4.33. The van der Waals surface area contributed by atoms with Gasteiger partial charge < -0.3 is 14.7 Å². The predicted molar refractivity (Wildman–Crippen MR) is 65.9 cm³/mol. The largest absolute Gasteiger partial charge is 0.481 e. The summed E-state index contributed by atoms with van der Waals surface area (Å²) in [6.45, 7) is 5.56. The number of hydrogen-bond acceptors (Lipinski definition) is 5. The second kappa shape index (κ2) is 5.20. The van der Waals surface area contributed by atoms with Crippen molar-refractivity contribution in [3.8, 4) is 5.88 Å². The minimum Gasteiger partial charge on any atom is -0.481 e. The van der Waals surface area contributed by atoms with Crippen LogP contribution in [0.25, 0.3) is 0 Å². The van der Waals surface area contributed by atoms with Gasteiger partial charge in [-0.05, 0) is 20.3 Å². The Labute approximate surface area is 106 Å². The normalized spacial score (nSPS) is 19.0. The van der Waals surface area contributed by atoms with Crippen LogP contribution in [0.4, 0.5) is 5.82 Å². The summed E-state index contributed by atoms with van der Waals surface area (Å²) < 4.78 is 5.42. The molecule has 0 spiro atoms. The summed E-state index contributed by atoms with van der Waals surface area (Å²) >= 11 is 0. The highest BCUT2D eigenvalue weighted by atomic mass is 16.5. The number of aliphatic carboxylic acids is 1. The van der Waals surface area contributed by atoms with Gasteiger partial charge in [0.2, 0.25) is 5.88 Å². The van der Waals surface area contributed by atoms with Crippen molar-refractivity contribution in [1.82, 2.24) is 9.97 Å². The predicted octanol–water partition coefficient (Wildman–Crippen LogP) is 1.09. The van der Waals surface area contributed by atoms with Crippen molar-refractivity contribution >= 4 is 11.8 Å². The minimum absolute atomic E-state index is 0.310. The van der Waals surface area contributed by atoms with Crippen LogP contribution in [-0.4, -0.2) is 40.7 Å². The summed E-state index contributed by atoms with van der Waals surface area (Å²) in [4.78, 5) is 21.2. The number of carbonyl (C=O) groups is 1. The Balaban J connectivity index is 2.19. The van der Waals surface area contributed by atoms with Crippen molar-refractivity contribution in [2.75, 3.05) is 24.6 Å². The summed E-state index contributed by atoms with van der Waals surface area (Å²) in [5.41, 5.74) is 0.866. The van der Waals surface area contributed by atoms with E-state index in [2.05, 4.69) is 9.97 Å². The van der Waals surface area contributed by atoms with Gasteiger partial charge in [-0.25, -0.2) is 9.97 Å². The first kappa shape index (κ1) is 12.6. The van der Waals surface area contributed by atoms with Crippen LogP contribution in [0.5, 0.6) is 5.88 Å². The van der Waals surface area contributed by atoms with E-state index < -0.39 is 5.97 Å². The highest BCUT2D eigenvalue weighted by molar-refractivity contribution is 5.72. The highest BCUT2D eigenvalue weighted by Gasteiger charge is 2.30. The molecule has 0 bridgehead atoms. The zero-order chi connectivity index (χ0) is 13.1. The van der Waals surface area contributed by atoms with Crippen LogP contribution in [0.15, 0.2) is 6.33 Å². The lowest BCUT2D eigenvalue weighted by molar-refractivity contribution is -0.140. The van der Waals surface area contributed by atoms with Crippen LogP contribution in [0.2, 0.25) is 0 Å². The molecule has 1 aromatic heterocycles. The zero-order valence-electron chi connectivity index (χ0n) is 10.6. The first-order chi connectivity index (χ1) is 8.63. The van der Waals surface area contributed by atoms with Crippen molar-refractivity contribution < 1.29 is 14.6 Å². The molecule has 0 radical (unpaired) electrons. The highest BCUT2D eigenvalue weighted by Crippen LogP contribution is 2.28. The van der Waals surface area contributed by atoms with Crippen molar-refractivity contribution in [3.63, 3.8) is 0 Å². The first-order valence-electron chi connectivity index (χ1n) is 6.05.